The van der Waals surface area contributed by atoms with Gasteiger partial charge >= 0.3 is 0 Å². The molecule has 6 heteroatoms. The van der Waals surface area contributed by atoms with Crippen LogP contribution in [0.4, 0.5) is 5.69 Å². The summed E-state index contributed by atoms with van der Waals surface area (Å²) in [6.07, 6.45) is 1.86. The normalized spacial score (nSPS) is 10.2. The topological polar surface area (TPSA) is 64.1 Å². The minimum absolute atomic E-state index is 0. The Kier molecular flexibility index (Phi) is 5.41. The summed E-state index contributed by atoms with van der Waals surface area (Å²) in [5.74, 6) is -0.0852. The van der Waals surface area contributed by atoms with E-state index in [1.807, 2.05) is 42.0 Å². The summed E-state index contributed by atoms with van der Waals surface area (Å²) in [5.41, 5.74) is 2.59. The number of rotatable bonds is 4. The van der Waals surface area contributed by atoms with Gasteiger partial charge in [0.05, 0.1) is 4.92 Å². The maximum atomic E-state index is 12.4. The summed E-state index contributed by atoms with van der Waals surface area (Å²) in [5, 5.41) is 11.7. The number of hydrogen-bond acceptors (Lipinski definition) is 3. The number of halogens is 1. The van der Waals surface area contributed by atoms with E-state index < -0.39 is 4.92 Å². The Hall–Kier alpha value is -2.60. The summed E-state index contributed by atoms with van der Waals surface area (Å²) >= 11 is 0. The van der Waals surface area contributed by atoms with Gasteiger partial charge in [0.25, 0.3) is 5.69 Å². The first-order valence-electron chi connectivity index (χ1n) is 7.21. The molecule has 122 valence electrons. The van der Waals surface area contributed by atoms with E-state index in [0.717, 1.165) is 16.5 Å². The molecule has 5 nitrogen and oxygen atoms in total. The Balaban J connectivity index is 0.00000208. The van der Waals surface area contributed by atoms with E-state index in [-0.39, 0.29) is 35.0 Å². The van der Waals surface area contributed by atoms with Crippen LogP contribution in [0.5, 0.6) is 0 Å². The summed E-state index contributed by atoms with van der Waals surface area (Å²) in [7, 11) is 0. The second-order valence-electron chi connectivity index (χ2n) is 5.43. The lowest BCUT2D eigenvalue weighted by molar-refractivity contribution is -0.657. The van der Waals surface area contributed by atoms with Crippen LogP contribution in [0.3, 0.4) is 0 Å². The molecular weight excluding hydrogens is 372 g/mol. The molecule has 0 N–H and O–H groups in total. The van der Waals surface area contributed by atoms with Gasteiger partial charge in [-0.2, -0.15) is 4.57 Å². The highest BCUT2D eigenvalue weighted by Gasteiger charge is 2.16. The number of ketones is 1. The van der Waals surface area contributed by atoms with Crippen LogP contribution < -0.4 is 4.57 Å². The van der Waals surface area contributed by atoms with Crippen molar-refractivity contribution in [2.24, 2.45) is 0 Å². The first-order valence-corrected chi connectivity index (χ1v) is 7.21. The molecule has 0 unspecified atom stereocenters. The van der Waals surface area contributed by atoms with E-state index >= 15 is 0 Å². The molecule has 0 saturated carbocycles. The smallest absolute Gasteiger partial charge is 0.269 e. The molecule has 0 bridgehead atoms. The molecule has 3 rings (SSSR count). The number of Topliss-reactive ketones (excluding diaryl/α,β-unsaturated/α-hetero) is 1. The van der Waals surface area contributed by atoms with Gasteiger partial charge in [0.2, 0.25) is 17.8 Å². The first kappa shape index (κ1) is 17.7. The van der Waals surface area contributed by atoms with Crippen molar-refractivity contribution in [2.75, 3.05) is 0 Å². The van der Waals surface area contributed by atoms with Crippen LogP contribution in [-0.2, 0) is 6.54 Å². The largest absolute Gasteiger partial charge is 0.287 e. The lowest BCUT2D eigenvalue weighted by Crippen LogP contribution is -2.38. The summed E-state index contributed by atoms with van der Waals surface area (Å²) in [4.78, 5) is 22.6. The SMILES string of the molecule is Br.Cc1ccc2c(ccc[n+]2CC(=O)c2ccc([N+](=O)[O-])cc2)c1. The number of aryl methyl sites for hydroxylation is 1. The number of hydrogen-bond donors (Lipinski definition) is 0. The molecule has 0 aliphatic carbocycles. The number of nitro groups is 1. The lowest BCUT2D eigenvalue weighted by Gasteiger charge is -2.02. The summed E-state index contributed by atoms with van der Waals surface area (Å²) in [6, 6.07) is 15.7. The van der Waals surface area contributed by atoms with Crippen LogP contribution in [0.1, 0.15) is 15.9 Å². The quantitative estimate of drug-likeness (QED) is 0.296. The molecular formula is C18H16BrN2O3+. The molecule has 3 aromatic rings. The average molecular weight is 388 g/mol. The molecule has 0 fully saturated rings. The van der Waals surface area contributed by atoms with Crippen LogP contribution >= 0.6 is 17.0 Å². The Morgan fingerprint density at radius 3 is 2.50 bits per heavy atom. The van der Waals surface area contributed by atoms with Crippen molar-refractivity contribution >= 4 is 39.4 Å². The van der Waals surface area contributed by atoms with E-state index in [1.165, 1.54) is 24.3 Å². The molecule has 24 heavy (non-hydrogen) atoms. The number of carbonyl (C=O) groups excluding carboxylic acids is 1. The Morgan fingerprint density at radius 2 is 1.83 bits per heavy atom. The van der Waals surface area contributed by atoms with Crippen molar-refractivity contribution < 1.29 is 14.3 Å². The predicted octanol–water partition coefficient (Wildman–Crippen LogP) is 3.80. The maximum Gasteiger partial charge on any atom is 0.269 e. The third-order valence-electron chi connectivity index (χ3n) is 3.75. The van der Waals surface area contributed by atoms with Gasteiger partial charge in [0.1, 0.15) is 0 Å². The predicted molar refractivity (Wildman–Crippen MR) is 96.6 cm³/mol. The molecule has 2 aromatic carbocycles. The molecule has 0 saturated heterocycles. The standard InChI is InChI=1S/C18H15N2O3.BrH/c1-13-4-9-17-15(11-13)3-2-10-19(17)12-18(21)14-5-7-16(8-6-14)20(22)23;/h2-11H,12H2,1H3;1H/q+1;. The van der Waals surface area contributed by atoms with Gasteiger partial charge in [-0.05, 0) is 31.2 Å². The lowest BCUT2D eigenvalue weighted by atomic mass is 10.1. The van der Waals surface area contributed by atoms with Gasteiger partial charge in [-0.15, -0.1) is 17.0 Å². The Bertz CT molecular complexity index is 908. The molecule has 0 amide bonds. The second kappa shape index (κ2) is 7.31. The van der Waals surface area contributed by atoms with Crippen molar-refractivity contribution in [3.8, 4) is 0 Å². The van der Waals surface area contributed by atoms with Crippen LogP contribution in [0.2, 0.25) is 0 Å². The van der Waals surface area contributed by atoms with Crippen molar-refractivity contribution in [1.29, 1.82) is 0 Å². The highest BCUT2D eigenvalue weighted by atomic mass is 79.9. The van der Waals surface area contributed by atoms with E-state index in [4.69, 9.17) is 0 Å². The van der Waals surface area contributed by atoms with Crippen molar-refractivity contribution in [3.05, 3.63) is 82.0 Å². The van der Waals surface area contributed by atoms with Crippen LogP contribution in [0, 0.1) is 17.0 Å². The highest BCUT2D eigenvalue weighted by molar-refractivity contribution is 8.93. The summed E-state index contributed by atoms with van der Waals surface area (Å²) in [6.45, 7) is 2.22. The Morgan fingerprint density at radius 1 is 1.12 bits per heavy atom. The molecule has 0 atom stereocenters. The van der Waals surface area contributed by atoms with E-state index in [9.17, 15) is 14.9 Å². The van der Waals surface area contributed by atoms with Gasteiger partial charge in [0, 0.05) is 35.2 Å². The zero-order valence-electron chi connectivity index (χ0n) is 13.0. The minimum Gasteiger partial charge on any atom is -0.287 e. The van der Waals surface area contributed by atoms with Crippen molar-refractivity contribution in [1.82, 2.24) is 0 Å². The number of non-ortho nitro benzene ring substituents is 1. The highest BCUT2D eigenvalue weighted by Crippen LogP contribution is 2.14. The minimum atomic E-state index is -0.476. The second-order valence-corrected chi connectivity index (χ2v) is 5.43. The van der Waals surface area contributed by atoms with Gasteiger partial charge in [-0.1, -0.05) is 11.6 Å². The number of nitro benzene ring substituents is 1. The number of fused-ring (bicyclic) bond motifs is 1. The van der Waals surface area contributed by atoms with Gasteiger partial charge in [0.15, 0.2) is 6.20 Å². The third kappa shape index (κ3) is 3.65. The number of nitrogens with zero attached hydrogens (tertiary/aromatic N) is 2. The molecule has 1 aromatic heterocycles. The number of aromatic nitrogens is 1. The molecule has 0 aliphatic heterocycles. The zero-order chi connectivity index (χ0) is 16.4. The Labute approximate surface area is 149 Å². The number of benzene rings is 2. The molecule has 0 aliphatic rings. The molecule has 1 heterocycles. The zero-order valence-corrected chi connectivity index (χ0v) is 14.7. The fraction of sp³-hybridized carbons (Fsp3) is 0.111. The van der Waals surface area contributed by atoms with Crippen molar-refractivity contribution in [3.63, 3.8) is 0 Å². The van der Waals surface area contributed by atoms with E-state index in [0.29, 0.717) is 5.56 Å². The van der Waals surface area contributed by atoms with Crippen LogP contribution in [0.25, 0.3) is 10.9 Å². The average Bonchev–Trinajstić information content (AvgIpc) is 2.54. The van der Waals surface area contributed by atoms with Gasteiger partial charge in [-0.25, -0.2) is 0 Å². The van der Waals surface area contributed by atoms with Crippen molar-refractivity contribution in [2.45, 2.75) is 13.5 Å². The van der Waals surface area contributed by atoms with Crippen LogP contribution in [0.15, 0.2) is 60.8 Å². The third-order valence-corrected chi connectivity index (χ3v) is 3.75. The number of carbonyl (C=O) groups is 1. The van der Waals surface area contributed by atoms with Gasteiger partial charge < -0.3 is 0 Å². The maximum absolute atomic E-state index is 12.4. The van der Waals surface area contributed by atoms with Gasteiger partial charge in [-0.3, -0.25) is 14.9 Å². The van der Waals surface area contributed by atoms with E-state index in [1.54, 1.807) is 0 Å². The summed E-state index contributed by atoms with van der Waals surface area (Å²) < 4.78 is 1.89. The fourth-order valence-electron chi connectivity index (χ4n) is 2.55. The fourth-order valence-corrected chi connectivity index (χ4v) is 2.55. The number of pyridine rings is 1. The van der Waals surface area contributed by atoms with E-state index in [2.05, 4.69) is 6.07 Å². The molecule has 0 radical (unpaired) electrons. The monoisotopic (exact) mass is 387 g/mol. The first-order chi connectivity index (χ1) is 11.0. The molecule has 0 spiro atoms. The van der Waals surface area contributed by atoms with Crippen LogP contribution in [-0.4, -0.2) is 10.7 Å².